The Labute approximate surface area is 199 Å². The van der Waals surface area contributed by atoms with E-state index in [4.69, 9.17) is 9.47 Å². The number of ether oxygens (including phenoxy) is 2. The fourth-order valence-electron chi connectivity index (χ4n) is 4.33. The van der Waals surface area contributed by atoms with Crippen molar-refractivity contribution in [2.45, 2.75) is 19.0 Å². The van der Waals surface area contributed by atoms with E-state index in [1.165, 1.54) is 16.0 Å². The molecule has 0 radical (unpaired) electrons. The molecule has 0 saturated heterocycles. The first-order chi connectivity index (χ1) is 16.6. The van der Waals surface area contributed by atoms with Crippen LogP contribution in [-0.4, -0.2) is 51.4 Å². The van der Waals surface area contributed by atoms with Crippen molar-refractivity contribution in [3.05, 3.63) is 87.2 Å². The second-order valence-corrected chi connectivity index (χ2v) is 8.76. The first-order valence-electron chi connectivity index (χ1n) is 10.8. The van der Waals surface area contributed by atoms with Gasteiger partial charge in [0, 0.05) is 6.54 Å². The number of nitrogens with zero attached hydrogens (tertiary/aromatic N) is 5. The highest BCUT2D eigenvalue weighted by Crippen LogP contribution is 2.41. The molecule has 3 heterocycles. The monoisotopic (exact) mass is 477 g/mol. The minimum absolute atomic E-state index is 0.198. The maximum Gasteiger partial charge on any atom is 0.369 e. The summed E-state index contributed by atoms with van der Waals surface area (Å²) in [6, 6.07) is 17.0. The van der Waals surface area contributed by atoms with Gasteiger partial charge in [-0.15, -0.1) is 11.3 Å². The third-order valence-corrected chi connectivity index (χ3v) is 6.79. The van der Waals surface area contributed by atoms with Crippen LogP contribution in [0.15, 0.2) is 64.8 Å². The lowest BCUT2D eigenvalue weighted by Crippen LogP contribution is -2.43. The van der Waals surface area contributed by atoms with Gasteiger partial charge in [-0.3, -0.25) is 4.79 Å². The average Bonchev–Trinajstić information content (AvgIpc) is 3.53. The summed E-state index contributed by atoms with van der Waals surface area (Å²) in [5, 5.41) is 10.4. The van der Waals surface area contributed by atoms with Gasteiger partial charge in [-0.1, -0.05) is 30.3 Å². The van der Waals surface area contributed by atoms with Gasteiger partial charge in [0.1, 0.15) is 11.5 Å². The van der Waals surface area contributed by atoms with Gasteiger partial charge in [0.2, 0.25) is 5.91 Å². The van der Waals surface area contributed by atoms with Crippen LogP contribution < -0.4 is 15.2 Å². The highest BCUT2D eigenvalue weighted by Gasteiger charge is 2.33. The van der Waals surface area contributed by atoms with Gasteiger partial charge in [0.25, 0.3) is 0 Å². The van der Waals surface area contributed by atoms with Crippen LogP contribution in [0.3, 0.4) is 0 Å². The van der Waals surface area contributed by atoms with Crippen LogP contribution in [-0.2, 0) is 17.8 Å². The highest BCUT2D eigenvalue weighted by atomic mass is 32.1. The lowest BCUT2D eigenvalue weighted by atomic mass is 9.87. The van der Waals surface area contributed by atoms with Gasteiger partial charge in [0.15, 0.2) is 11.5 Å². The van der Waals surface area contributed by atoms with Crippen molar-refractivity contribution in [2.24, 2.45) is 0 Å². The summed E-state index contributed by atoms with van der Waals surface area (Å²) in [6.45, 7) is 0.296. The van der Waals surface area contributed by atoms with Crippen molar-refractivity contribution >= 4 is 17.2 Å². The third kappa shape index (κ3) is 3.86. The minimum Gasteiger partial charge on any atom is -0.493 e. The molecule has 0 fully saturated rings. The molecule has 0 saturated carbocycles. The molecule has 10 heteroatoms. The zero-order chi connectivity index (χ0) is 23.7. The van der Waals surface area contributed by atoms with Crippen LogP contribution in [0.5, 0.6) is 11.5 Å². The molecule has 1 aliphatic heterocycles. The van der Waals surface area contributed by atoms with Crippen LogP contribution in [0.2, 0.25) is 0 Å². The summed E-state index contributed by atoms with van der Waals surface area (Å²) in [5.74, 6) is 1.05. The lowest BCUT2D eigenvalue weighted by molar-refractivity contribution is -0.134. The molecule has 5 rings (SSSR count). The average molecular weight is 478 g/mol. The number of hydrogen-bond donors (Lipinski definition) is 0. The first-order valence-corrected chi connectivity index (χ1v) is 11.6. The number of tetrazole rings is 1. The van der Waals surface area contributed by atoms with E-state index in [2.05, 4.69) is 10.4 Å². The number of methoxy groups -OCH3 is 2. The zero-order valence-electron chi connectivity index (χ0n) is 18.7. The normalized spacial score (nSPS) is 15.1. The SMILES string of the molecule is COc1cc2c(cc1OC)C(c1ccccc1)N(C(=O)Cn1nnn(-c3cccs3)c1=O)CC2. The van der Waals surface area contributed by atoms with Gasteiger partial charge < -0.3 is 14.4 Å². The van der Waals surface area contributed by atoms with Crippen LogP contribution in [0, 0.1) is 0 Å². The Hall–Kier alpha value is -3.92. The number of fused-ring (bicyclic) bond motifs is 1. The molecule has 1 aliphatic rings. The van der Waals surface area contributed by atoms with Crippen molar-refractivity contribution < 1.29 is 14.3 Å². The summed E-state index contributed by atoms with van der Waals surface area (Å²) >= 11 is 1.38. The number of hydrogen-bond acceptors (Lipinski definition) is 7. The van der Waals surface area contributed by atoms with E-state index in [1.54, 1.807) is 25.2 Å². The molecule has 1 unspecified atom stereocenters. The molecule has 0 bridgehead atoms. The standard InChI is InChI=1S/C24H23N5O4S/c1-32-19-13-17-10-11-27(23(16-7-4-3-5-8-16)18(17)14-20(19)33-2)21(30)15-28-24(31)29(26-25-28)22-9-6-12-34-22/h3-9,12-14,23H,10-11,15H2,1-2H3. The topological polar surface area (TPSA) is 91.5 Å². The number of rotatable bonds is 6. The highest BCUT2D eigenvalue weighted by molar-refractivity contribution is 7.12. The number of benzene rings is 2. The molecule has 0 aliphatic carbocycles. The molecule has 0 spiro atoms. The molecule has 174 valence electrons. The predicted octanol–water partition coefficient (Wildman–Crippen LogP) is 2.68. The van der Waals surface area contributed by atoms with Gasteiger partial charge in [-0.2, -0.15) is 9.36 Å². The van der Waals surface area contributed by atoms with Crippen LogP contribution in [0.4, 0.5) is 0 Å². The smallest absolute Gasteiger partial charge is 0.369 e. The van der Waals surface area contributed by atoms with E-state index in [9.17, 15) is 9.59 Å². The fourth-order valence-corrected chi connectivity index (χ4v) is 5.00. The Morgan fingerprint density at radius 2 is 1.82 bits per heavy atom. The van der Waals surface area contributed by atoms with Crippen molar-refractivity contribution in [3.8, 4) is 16.5 Å². The Morgan fingerprint density at radius 3 is 2.53 bits per heavy atom. The van der Waals surface area contributed by atoms with Crippen molar-refractivity contribution in [1.82, 2.24) is 24.7 Å². The van der Waals surface area contributed by atoms with Crippen molar-refractivity contribution in [3.63, 3.8) is 0 Å². The van der Waals surface area contributed by atoms with Gasteiger partial charge in [-0.05, 0) is 63.2 Å². The van der Waals surface area contributed by atoms with E-state index in [0.29, 0.717) is 29.5 Å². The molecule has 0 N–H and O–H groups in total. The van der Waals surface area contributed by atoms with Crippen molar-refractivity contribution in [1.29, 1.82) is 0 Å². The molecular weight excluding hydrogens is 454 g/mol. The molecular formula is C24H23N5O4S. The van der Waals surface area contributed by atoms with Gasteiger partial charge >= 0.3 is 5.69 Å². The number of aromatic nitrogens is 4. The maximum atomic E-state index is 13.5. The number of carbonyl (C=O) groups is 1. The fraction of sp³-hybridized carbons (Fsp3) is 0.250. The van der Waals surface area contributed by atoms with E-state index in [1.807, 2.05) is 53.9 Å². The lowest BCUT2D eigenvalue weighted by Gasteiger charge is -2.38. The van der Waals surface area contributed by atoms with Gasteiger partial charge in [0.05, 0.1) is 20.3 Å². The predicted molar refractivity (Wildman–Crippen MR) is 127 cm³/mol. The van der Waals surface area contributed by atoms with Crippen molar-refractivity contribution in [2.75, 3.05) is 20.8 Å². The van der Waals surface area contributed by atoms with E-state index in [0.717, 1.165) is 21.4 Å². The molecule has 1 amide bonds. The van der Waals surface area contributed by atoms with Crippen LogP contribution in [0.1, 0.15) is 22.7 Å². The Bertz CT molecular complexity index is 1360. The second-order valence-electron chi connectivity index (χ2n) is 7.84. The third-order valence-electron chi connectivity index (χ3n) is 5.95. The summed E-state index contributed by atoms with van der Waals surface area (Å²) in [7, 11) is 3.20. The van der Waals surface area contributed by atoms with E-state index in [-0.39, 0.29) is 18.5 Å². The zero-order valence-corrected chi connectivity index (χ0v) is 19.6. The van der Waals surface area contributed by atoms with Crippen LogP contribution >= 0.6 is 11.3 Å². The Morgan fingerprint density at radius 1 is 1.06 bits per heavy atom. The summed E-state index contributed by atoms with van der Waals surface area (Å²) < 4.78 is 13.3. The second kappa shape index (κ2) is 9.14. The Kier molecular flexibility index (Phi) is 5.89. The number of amides is 1. The molecule has 4 aromatic rings. The number of carbonyl (C=O) groups excluding carboxylic acids is 1. The first kappa shape index (κ1) is 21.9. The van der Waals surface area contributed by atoms with E-state index >= 15 is 0 Å². The molecule has 2 aromatic carbocycles. The van der Waals surface area contributed by atoms with Crippen LogP contribution in [0.25, 0.3) is 5.00 Å². The Balaban J connectivity index is 1.51. The molecule has 1 atom stereocenters. The quantitative estimate of drug-likeness (QED) is 0.424. The van der Waals surface area contributed by atoms with Gasteiger partial charge in [-0.25, -0.2) is 4.79 Å². The maximum absolute atomic E-state index is 13.5. The summed E-state index contributed by atoms with van der Waals surface area (Å²) in [4.78, 5) is 28.1. The number of thiophene rings is 1. The minimum atomic E-state index is -0.448. The molecule has 9 nitrogen and oxygen atoms in total. The summed E-state index contributed by atoms with van der Waals surface area (Å²) in [5.41, 5.74) is 2.59. The molecule has 2 aromatic heterocycles. The summed E-state index contributed by atoms with van der Waals surface area (Å²) in [6.07, 6.45) is 0.654. The largest absolute Gasteiger partial charge is 0.493 e. The van der Waals surface area contributed by atoms with E-state index < -0.39 is 5.69 Å². The molecule has 34 heavy (non-hydrogen) atoms.